The molecule has 2 aliphatic rings. The number of nitrogens with zero attached hydrogens (tertiary/aromatic N) is 3. The highest BCUT2D eigenvalue weighted by Crippen LogP contribution is 2.37. The summed E-state index contributed by atoms with van der Waals surface area (Å²) in [5.41, 5.74) is 9.11. The van der Waals surface area contributed by atoms with E-state index in [4.69, 9.17) is 24.5 Å². The normalized spacial score (nSPS) is 35.6. The molecule has 0 aliphatic carbocycles. The van der Waals surface area contributed by atoms with Crippen molar-refractivity contribution in [3.05, 3.63) is 40.3 Å². The van der Waals surface area contributed by atoms with Crippen molar-refractivity contribution >= 4 is 11.8 Å². The molecule has 9 heteroatoms. The molecule has 2 heterocycles. The number of aliphatic hydroxyl groups excluding tert-OH is 1. The number of hydrogen-bond donors (Lipinski definition) is 1. The van der Waals surface area contributed by atoms with Crippen molar-refractivity contribution in [2.75, 3.05) is 20.0 Å². The highest BCUT2D eigenvalue weighted by atomic mass is 32.2. The van der Waals surface area contributed by atoms with Crippen molar-refractivity contribution in [2.45, 2.75) is 36.1 Å². The molecular weight excluding hydrogens is 334 g/mol. The van der Waals surface area contributed by atoms with Crippen molar-refractivity contribution in [1.29, 1.82) is 0 Å². The first-order valence-electron chi connectivity index (χ1n) is 7.49. The second-order valence-electron chi connectivity index (χ2n) is 5.50. The van der Waals surface area contributed by atoms with Gasteiger partial charge in [-0.2, -0.15) is 0 Å². The molecule has 0 radical (unpaired) electrons. The molecule has 2 fully saturated rings. The summed E-state index contributed by atoms with van der Waals surface area (Å²) < 4.78 is 22.6. The molecule has 2 aliphatic heterocycles. The maximum atomic E-state index is 10.6. The molecule has 0 saturated carbocycles. The Morgan fingerprint density at radius 3 is 2.71 bits per heavy atom. The van der Waals surface area contributed by atoms with Crippen molar-refractivity contribution in [3.63, 3.8) is 0 Å². The van der Waals surface area contributed by atoms with Gasteiger partial charge in [-0.1, -0.05) is 17.2 Å². The van der Waals surface area contributed by atoms with E-state index in [9.17, 15) is 5.11 Å². The Labute approximate surface area is 143 Å². The van der Waals surface area contributed by atoms with Gasteiger partial charge in [-0.15, -0.1) is 11.8 Å². The minimum Gasteiger partial charge on any atom is -0.497 e. The molecule has 130 valence electrons. The largest absolute Gasteiger partial charge is 0.497 e. The fraction of sp³-hybridized carbons (Fsp3) is 0.600. The summed E-state index contributed by atoms with van der Waals surface area (Å²) in [6, 6.07) is 6.61. The van der Waals surface area contributed by atoms with Gasteiger partial charge in [0.2, 0.25) is 0 Å². The number of hydrogen-bond acceptors (Lipinski definition) is 7. The lowest BCUT2D eigenvalue weighted by molar-refractivity contribution is -0.305. The lowest BCUT2D eigenvalue weighted by Gasteiger charge is -2.46. The molecule has 3 rings (SSSR count). The van der Waals surface area contributed by atoms with E-state index in [1.54, 1.807) is 7.11 Å². The van der Waals surface area contributed by atoms with Crippen molar-refractivity contribution in [2.24, 2.45) is 5.11 Å². The first kappa shape index (κ1) is 17.3. The zero-order valence-electron chi connectivity index (χ0n) is 13.3. The Morgan fingerprint density at radius 2 is 2.08 bits per heavy atom. The van der Waals surface area contributed by atoms with Crippen molar-refractivity contribution in [1.82, 2.24) is 0 Å². The van der Waals surface area contributed by atoms with Crippen LogP contribution in [0.4, 0.5) is 0 Å². The molecule has 24 heavy (non-hydrogen) atoms. The number of ether oxygens (including phenoxy) is 4. The second-order valence-corrected chi connectivity index (χ2v) is 6.44. The predicted molar refractivity (Wildman–Crippen MR) is 87.7 cm³/mol. The van der Waals surface area contributed by atoms with Crippen molar-refractivity contribution in [3.8, 4) is 5.75 Å². The van der Waals surface area contributed by atoms with Crippen LogP contribution in [-0.2, 0) is 14.2 Å². The van der Waals surface area contributed by atoms with Crippen LogP contribution < -0.4 is 4.74 Å². The summed E-state index contributed by atoms with van der Waals surface area (Å²) in [7, 11) is 1.60. The van der Waals surface area contributed by atoms with Gasteiger partial charge in [0, 0.05) is 10.5 Å². The van der Waals surface area contributed by atoms with Crippen LogP contribution >= 0.6 is 11.8 Å². The Bertz CT molecular complexity index is 610. The number of rotatable bonds is 4. The van der Waals surface area contributed by atoms with Gasteiger partial charge in [0.05, 0.1) is 19.8 Å². The smallest absolute Gasteiger partial charge is 0.184 e. The molecule has 0 bridgehead atoms. The molecule has 6 atom stereocenters. The van der Waals surface area contributed by atoms with Gasteiger partial charge in [-0.25, -0.2) is 0 Å². The zero-order chi connectivity index (χ0) is 17.1. The van der Waals surface area contributed by atoms with E-state index in [1.807, 2.05) is 30.5 Å². The SMILES string of the molecule is COc1ccc(C2OCC3O[C@@H](SC)[C@@H](N=[N+]=[N-])C(O)[C@@H]3O2)cc1. The number of benzene rings is 1. The highest BCUT2D eigenvalue weighted by Gasteiger charge is 2.48. The third-order valence-corrected chi connectivity index (χ3v) is 4.99. The minimum absolute atomic E-state index is 0.290. The van der Waals surface area contributed by atoms with Crippen LogP contribution in [0, 0.1) is 0 Å². The molecule has 2 saturated heterocycles. The molecule has 1 aromatic rings. The van der Waals surface area contributed by atoms with E-state index in [0.717, 1.165) is 11.3 Å². The zero-order valence-corrected chi connectivity index (χ0v) is 14.1. The van der Waals surface area contributed by atoms with Crippen LogP contribution in [0.5, 0.6) is 5.75 Å². The Kier molecular flexibility index (Phi) is 5.50. The summed E-state index contributed by atoms with van der Waals surface area (Å²) in [6.07, 6.45) is -0.765. The first-order valence-corrected chi connectivity index (χ1v) is 8.78. The van der Waals surface area contributed by atoms with Crippen LogP contribution in [0.3, 0.4) is 0 Å². The highest BCUT2D eigenvalue weighted by molar-refractivity contribution is 7.99. The van der Waals surface area contributed by atoms with Gasteiger partial charge < -0.3 is 24.1 Å². The molecule has 0 aromatic heterocycles. The molecule has 8 nitrogen and oxygen atoms in total. The third kappa shape index (κ3) is 3.32. The van der Waals surface area contributed by atoms with Crippen LogP contribution in [0.2, 0.25) is 0 Å². The molecule has 0 amide bonds. The average molecular weight is 353 g/mol. The van der Waals surface area contributed by atoms with Crippen LogP contribution in [0.1, 0.15) is 11.9 Å². The molecular formula is C15H19N3O5S. The fourth-order valence-corrected chi connectivity index (χ4v) is 3.63. The fourth-order valence-electron chi connectivity index (χ4n) is 2.89. The molecule has 0 spiro atoms. The van der Waals surface area contributed by atoms with E-state index in [0.29, 0.717) is 6.61 Å². The molecule has 3 unspecified atom stereocenters. The quantitative estimate of drug-likeness (QED) is 0.505. The van der Waals surface area contributed by atoms with Gasteiger partial charge in [0.25, 0.3) is 0 Å². The monoisotopic (exact) mass is 353 g/mol. The number of methoxy groups -OCH3 is 1. The summed E-state index contributed by atoms with van der Waals surface area (Å²) in [6.45, 7) is 0.290. The van der Waals surface area contributed by atoms with Gasteiger partial charge in [0.1, 0.15) is 29.4 Å². The van der Waals surface area contributed by atoms with E-state index in [1.165, 1.54) is 11.8 Å². The summed E-state index contributed by atoms with van der Waals surface area (Å²) >= 11 is 1.38. The lowest BCUT2D eigenvalue weighted by Crippen LogP contribution is -2.60. The van der Waals surface area contributed by atoms with E-state index < -0.39 is 36.1 Å². The maximum Gasteiger partial charge on any atom is 0.184 e. The summed E-state index contributed by atoms with van der Waals surface area (Å²) in [5.74, 6) is 0.736. The van der Waals surface area contributed by atoms with E-state index in [2.05, 4.69) is 10.0 Å². The number of aliphatic hydroxyl groups is 1. The number of azide groups is 1. The maximum absolute atomic E-state index is 10.6. The lowest BCUT2D eigenvalue weighted by atomic mass is 9.97. The van der Waals surface area contributed by atoms with Gasteiger partial charge in [-0.05, 0) is 23.9 Å². The standard InChI is InChI=1S/C15H19N3O5S/c1-20-9-5-3-8(4-6-9)14-21-7-10-13(23-14)12(19)11(17-18-16)15(22-10)24-2/h3-6,10-15,19H,7H2,1-2H3/t10?,11-,12?,13+,14?,15-/m0/s1. The second kappa shape index (κ2) is 7.60. The van der Waals surface area contributed by atoms with Crippen molar-refractivity contribution < 1.29 is 24.1 Å². The average Bonchev–Trinajstić information content (AvgIpc) is 2.63. The van der Waals surface area contributed by atoms with Crippen LogP contribution in [0.15, 0.2) is 29.4 Å². The van der Waals surface area contributed by atoms with E-state index >= 15 is 0 Å². The predicted octanol–water partition coefficient (Wildman–Crippen LogP) is 2.24. The Morgan fingerprint density at radius 1 is 1.33 bits per heavy atom. The van der Waals surface area contributed by atoms with E-state index in [-0.39, 0.29) is 0 Å². The number of thioether (sulfide) groups is 1. The Hall–Kier alpha value is -1.48. The number of fused-ring (bicyclic) bond motifs is 1. The van der Waals surface area contributed by atoms with Crippen LogP contribution in [0.25, 0.3) is 10.4 Å². The summed E-state index contributed by atoms with van der Waals surface area (Å²) in [4.78, 5) is 2.81. The Balaban J connectivity index is 1.76. The van der Waals surface area contributed by atoms with Gasteiger partial charge in [-0.3, -0.25) is 0 Å². The summed E-state index contributed by atoms with van der Waals surface area (Å²) in [5, 5.41) is 14.3. The van der Waals surface area contributed by atoms with Gasteiger partial charge in [0.15, 0.2) is 6.29 Å². The molecule has 1 aromatic carbocycles. The van der Waals surface area contributed by atoms with Gasteiger partial charge >= 0.3 is 0 Å². The topological polar surface area (TPSA) is 106 Å². The third-order valence-electron chi connectivity index (χ3n) is 4.14. The first-order chi connectivity index (χ1) is 11.7. The van der Waals surface area contributed by atoms with Crippen LogP contribution in [-0.4, -0.2) is 54.9 Å². The molecule has 1 N–H and O–H groups in total. The minimum atomic E-state index is -0.957.